The molecule has 0 aliphatic heterocycles. The van der Waals surface area contributed by atoms with E-state index < -0.39 is 11.9 Å². The molecule has 0 aromatic heterocycles. The van der Waals surface area contributed by atoms with E-state index in [4.69, 9.17) is 28.4 Å². The lowest BCUT2D eigenvalue weighted by Gasteiger charge is -2.20. The average molecular weight is 833 g/mol. The average Bonchev–Trinajstić information content (AvgIpc) is 3.23. The van der Waals surface area contributed by atoms with Gasteiger partial charge in [0, 0.05) is 12.8 Å². The summed E-state index contributed by atoms with van der Waals surface area (Å²) in [5, 5.41) is 24.2. The molecule has 4 rings (SSSR count). The predicted octanol–water partition coefficient (Wildman–Crippen LogP) is 13.5. The second-order valence-electron chi connectivity index (χ2n) is 15.9. The Morgan fingerprint density at radius 3 is 0.717 bits per heavy atom. The van der Waals surface area contributed by atoms with Crippen molar-refractivity contribution in [2.75, 3.05) is 39.6 Å². The summed E-state index contributed by atoms with van der Waals surface area (Å²) in [6.45, 7) is 11.5. The lowest BCUT2D eigenvalue weighted by molar-refractivity contribution is -0.138. The Kier molecular flexibility index (Phi) is 21.9. The smallest absolute Gasteiger partial charge is 0.303 e. The molecule has 0 unspecified atom stereocenters. The van der Waals surface area contributed by atoms with E-state index in [0.29, 0.717) is 73.8 Å². The van der Waals surface area contributed by atoms with Gasteiger partial charge >= 0.3 is 11.9 Å². The fourth-order valence-corrected chi connectivity index (χ4v) is 7.35. The highest BCUT2D eigenvalue weighted by Crippen LogP contribution is 2.47. The Bertz CT molecular complexity index is 1770. The molecule has 332 valence electrons. The Hall–Kier alpha value is -4.60. The topological polar surface area (TPSA) is 130 Å². The molecule has 0 aliphatic rings. The van der Waals surface area contributed by atoms with Gasteiger partial charge in [0.15, 0.2) is 34.5 Å². The number of benzene rings is 4. The predicted molar refractivity (Wildman–Crippen MR) is 242 cm³/mol. The van der Waals surface area contributed by atoms with Crippen molar-refractivity contribution in [1.82, 2.24) is 0 Å². The molecule has 0 fully saturated rings. The Labute approximate surface area is 358 Å². The van der Waals surface area contributed by atoms with Crippen LogP contribution in [-0.2, 0) is 9.59 Å². The van der Waals surface area contributed by atoms with E-state index in [0.717, 1.165) is 135 Å². The SMILES string of the molecule is CCCCCCOc1cc2c3cc(OCCCCCC)c(OCCCCCC)cc3c3cc(OCCCC(=O)O)c(OCCCC(=O)O)cc3c2cc1OCCCCCC. The van der Waals surface area contributed by atoms with Crippen molar-refractivity contribution >= 4 is 44.3 Å². The van der Waals surface area contributed by atoms with Crippen LogP contribution in [-0.4, -0.2) is 61.8 Å². The molecule has 2 N–H and O–H groups in total. The van der Waals surface area contributed by atoms with Crippen LogP contribution in [0, 0.1) is 0 Å². The third kappa shape index (κ3) is 15.5. The molecule has 0 amide bonds. The summed E-state index contributed by atoms with van der Waals surface area (Å²) in [6.07, 6.45) is 18.0. The highest BCUT2D eigenvalue weighted by Gasteiger charge is 2.21. The van der Waals surface area contributed by atoms with Gasteiger partial charge in [-0.1, -0.05) is 105 Å². The van der Waals surface area contributed by atoms with Crippen molar-refractivity contribution in [1.29, 1.82) is 0 Å². The molecule has 10 nitrogen and oxygen atoms in total. The molecule has 0 heterocycles. The van der Waals surface area contributed by atoms with Crippen LogP contribution in [0.15, 0.2) is 36.4 Å². The molecule has 0 aliphatic carbocycles. The molecule has 0 atom stereocenters. The maximum atomic E-state index is 11.3. The molecule has 10 heteroatoms. The van der Waals surface area contributed by atoms with E-state index in [1.807, 2.05) is 12.1 Å². The molecule has 0 saturated carbocycles. The number of hydrogen-bond donors (Lipinski definition) is 2. The van der Waals surface area contributed by atoms with Gasteiger partial charge in [0.1, 0.15) is 0 Å². The summed E-state index contributed by atoms with van der Waals surface area (Å²) in [6, 6.07) is 12.3. The second-order valence-corrected chi connectivity index (χ2v) is 15.9. The number of carboxylic acid groups (broad SMARTS) is 2. The lowest BCUT2D eigenvalue weighted by atomic mass is 9.93. The number of carboxylic acids is 2. The third-order valence-corrected chi connectivity index (χ3v) is 10.7. The first-order valence-electron chi connectivity index (χ1n) is 23.1. The quantitative estimate of drug-likeness (QED) is 0.0346. The molecule has 4 aromatic rings. The van der Waals surface area contributed by atoms with Gasteiger partial charge in [0.05, 0.1) is 39.6 Å². The summed E-state index contributed by atoms with van der Waals surface area (Å²) in [4.78, 5) is 22.7. The van der Waals surface area contributed by atoms with Crippen LogP contribution in [0.2, 0.25) is 0 Å². The van der Waals surface area contributed by atoms with Crippen LogP contribution in [0.4, 0.5) is 0 Å². The molecule has 4 aromatic carbocycles. The van der Waals surface area contributed by atoms with E-state index in [9.17, 15) is 19.8 Å². The van der Waals surface area contributed by atoms with E-state index in [-0.39, 0.29) is 26.1 Å². The van der Waals surface area contributed by atoms with E-state index >= 15 is 0 Å². The zero-order chi connectivity index (χ0) is 43.0. The van der Waals surface area contributed by atoms with Crippen molar-refractivity contribution in [3.05, 3.63) is 36.4 Å². The fraction of sp³-hybridized carbons (Fsp3) is 0.600. The molecular formula is C50H72O10. The molecule has 0 radical (unpaired) electrons. The van der Waals surface area contributed by atoms with Gasteiger partial charge in [-0.25, -0.2) is 0 Å². The van der Waals surface area contributed by atoms with Gasteiger partial charge in [-0.15, -0.1) is 0 Å². The van der Waals surface area contributed by atoms with Crippen molar-refractivity contribution in [2.45, 2.75) is 156 Å². The number of ether oxygens (including phenoxy) is 6. The van der Waals surface area contributed by atoms with Crippen LogP contribution in [0.5, 0.6) is 34.5 Å². The second kappa shape index (κ2) is 27.3. The van der Waals surface area contributed by atoms with Gasteiger partial charge in [-0.2, -0.15) is 0 Å². The Balaban J connectivity index is 1.97. The Morgan fingerprint density at radius 2 is 0.533 bits per heavy atom. The first-order valence-corrected chi connectivity index (χ1v) is 23.1. The lowest BCUT2D eigenvalue weighted by Crippen LogP contribution is -2.06. The zero-order valence-corrected chi connectivity index (χ0v) is 37.0. The standard InChI is InChI=1S/C50H72O10/c1-5-9-13-17-25-55-43-31-37-38-32-44(56-26-18-14-10-6-2)46(58-28-20-16-12-8-4)34-40(38)42-36-48(60-30-22-24-50(53)54)47(59-29-21-23-49(51)52)35-41(42)39(37)33-45(43)57-27-19-15-11-7-3/h31-36H,5-30H2,1-4H3,(H,51,52)(H,53,54). The Morgan fingerprint density at radius 1 is 0.333 bits per heavy atom. The van der Waals surface area contributed by atoms with Crippen molar-refractivity contribution in [2.24, 2.45) is 0 Å². The van der Waals surface area contributed by atoms with Crippen molar-refractivity contribution < 1.29 is 48.2 Å². The number of rotatable bonds is 34. The van der Waals surface area contributed by atoms with E-state index in [1.54, 1.807) is 0 Å². The van der Waals surface area contributed by atoms with Crippen LogP contribution < -0.4 is 28.4 Å². The van der Waals surface area contributed by atoms with E-state index in [1.165, 1.54) is 0 Å². The number of fused-ring (bicyclic) bond motifs is 6. The minimum absolute atomic E-state index is 0.0274. The minimum Gasteiger partial charge on any atom is -0.490 e. The normalized spacial score (nSPS) is 11.3. The maximum absolute atomic E-state index is 11.3. The third-order valence-electron chi connectivity index (χ3n) is 10.7. The first kappa shape index (κ1) is 48.1. The number of unbranched alkanes of at least 4 members (excludes halogenated alkanes) is 12. The summed E-state index contributed by atoms with van der Waals surface area (Å²) >= 11 is 0. The van der Waals surface area contributed by atoms with Gasteiger partial charge in [-0.05, 0) is 107 Å². The minimum atomic E-state index is -0.891. The summed E-state index contributed by atoms with van der Waals surface area (Å²) in [7, 11) is 0. The largest absolute Gasteiger partial charge is 0.490 e. The maximum Gasteiger partial charge on any atom is 0.303 e. The van der Waals surface area contributed by atoms with E-state index in [2.05, 4.69) is 52.0 Å². The van der Waals surface area contributed by atoms with Crippen LogP contribution in [0.3, 0.4) is 0 Å². The highest BCUT2D eigenvalue weighted by molar-refractivity contribution is 6.26. The molecule has 60 heavy (non-hydrogen) atoms. The molecule has 0 bridgehead atoms. The van der Waals surface area contributed by atoms with Gasteiger partial charge < -0.3 is 38.6 Å². The number of aliphatic carboxylic acids is 2. The molecule has 0 spiro atoms. The molecule has 0 saturated heterocycles. The first-order chi connectivity index (χ1) is 29.3. The zero-order valence-electron chi connectivity index (χ0n) is 37.0. The van der Waals surface area contributed by atoms with Crippen LogP contribution in [0.1, 0.15) is 156 Å². The van der Waals surface area contributed by atoms with Crippen LogP contribution >= 0.6 is 0 Å². The fourth-order valence-electron chi connectivity index (χ4n) is 7.35. The summed E-state index contributed by atoms with van der Waals surface area (Å²) in [5.74, 6) is 1.92. The number of hydrogen-bond acceptors (Lipinski definition) is 8. The summed E-state index contributed by atoms with van der Waals surface area (Å²) < 4.78 is 38.7. The van der Waals surface area contributed by atoms with Gasteiger partial charge in [0.2, 0.25) is 0 Å². The van der Waals surface area contributed by atoms with Crippen LogP contribution in [0.25, 0.3) is 32.3 Å². The van der Waals surface area contributed by atoms with Gasteiger partial charge in [-0.3, -0.25) is 9.59 Å². The monoisotopic (exact) mass is 833 g/mol. The number of carbonyl (C=O) groups is 2. The molecular weight excluding hydrogens is 761 g/mol. The summed E-state index contributed by atoms with van der Waals surface area (Å²) in [5.41, 5.74) is 0. The highest BCUT2D eigenvalue weighted by atomic mass is 16.5. The van der Waals surface area contributed by atoms with Crippen molar-refractivity contribution in [3.63, 3.8) is 0 Å². The van der Waals surface area contributed by atoms with Crippen molar-refractivity contribution in [3.8, 4) is 34.5 Å². The van der Waals surface area contributed by atoms with Gasteiger partial charge in [0.25, 0.3) is 0 Å².